The van der Waals surface area contributed by atoms with Gasteiger partial charge >= 0.3 is 0 Å². The van der Waals surface area contributed by atoms with Crippen molar-refractivity contribution in [3.8, 4) is 0 Å². The zero-order valence-corrected chi connectivity index (χ0v) is 13.8. The van der Waals surface area contributed by atoms with Gasteiger partial charge in [0, 0.05) is 16.3 Å². The predicted octanol–water partition coefficient (Wildman–Crippen LogP) is 4.03. The van der Waals surface area contributed by atoms with Crippen LogP contribution in [0.25, 0.3) is 0 Å². The van der Waals surface area contributed by atoms with Gasteiger partial charge in [-0.15, -0.1) is 11.3 Å². The molecule has 0 aliphatic heterocycles. The van der Waals surface area contributed by atoms with E-state index in [1.165, 1.54) is 21.1 Å². The highest BCUT2D eigenvalue weighted by atomic mass is 35.5. The van der Waals surface area contributed by atoms with Crippen LogP contribution in [0.4, 0.5) is 0 Å². The molecule has 0 aliphatic rings. The van der Waals surface area contributed by atoms with Crippen LogP contribution >= 0.6 is 22.9 Å². The second kappa shape index (κ2) is 7.21. The summed E-state index contributed by atoms with van der Waals surface area (Å²) >= 11 is 7.76. The molecule has 2 aromatic rings. The first kappa shape index (κ1) is 15.5. The summed E-state index contributed by atoms with van der Waals surface area (Å²) in [6.07, 6.45) is 2.08. The van der Waals surface area contributed by atoms with Gasteiger partial charge in [-0.3, -0.25) is 0 Å². The van der Waals surface area contributed by atoms with Crippen molar-refractivity contribution in [1.82, 2.24) is 10.3 Å². The molecule has 4 heteroatoms. The smallest absolute Gasteiger partial charge is 0.0934 e. The molecule has 1 N–H and O–H groups in total. The largest absolute Gasteiger partial charge is 0.319 e. The molecule has 1 aromatic carbocycles. The van der Waals surface area contributed by atoms with E-state index in [0.29, 0.717) is 5.92 Å². The van der Waals surface area contributed by atoms with Gasteiger partial charge in [-0.05, 0) is 57.5 Å². The van der Waals surface area contributed by atoms with E-state index < -0.39 is 0 Å². The van der Waals surface area contributed by atoms with Gasteiger partial charge < -0.3 is 5.32 Å². The molecule has 2 nitrogen and oxygen atoms in total. The second-order valence-electron chi connectivity index (χ2n) is 5.21. The summed E-state index contributed by atoms with van der Waals surface area (Å²) in [5.74, 6) is 0.561. The maximum atomic E-state index is 5.94. The fraction of sp³-hybridized carbons (Fsp3) is 0.438. The van der Waals surface area contributed by atoms with E-state index in [-0.39, 0.29) is 0 Å². The Kier molecular flexibility index (Phi) is 5.58. The summed E-state index contributed by atoms with van der Waals surface area (Å²) in [6.45, 7) is 5.23. The standard InChI is InChI=1S/C16H21ClN2S/c1-11-12(2)20-16(19-11)9-14(10-18-3)8-13-4-6-15(17)7-5-13/h4-7,14,18H,8-10H2,1-3H3. The molecule has 0 spiro atoms. The lowest BCUT2D eigenvalue weighted by molar-refractivity contribution is 0.492. The van der Waals surface area contributed by atoms with Crippen LogP contribution in [0.1, 0.15) is 21.1 Å². The molecule has 1 aromatic heterocycles. The monoisotopic (exact) mass is 308 g/mol. The van der Waals surface area contributed by atoms with E-state index in [1.54, 1.807) is 0 Å². The summed E-state index contributed by atoms with van der Waals surface area (Å²) in [5, 5.41) is 5.33. The van der Waals surface area contributed by atoms with Gasteiger partial charge in [0.15, 0.2) is 0 Å². The van der Waals surface area contributed by atoms with Crippen molar-refractivity contribution in [2.24, 2.45) is 5.92 Å². The number of rotatable bonds is 6. The molecule has 0 aliphatic carbocycles. The normalized spacial score (nSPS) is 12.6. The van der Waals surface area contributed by atoms with Gasteiger partial charge in [-0.25, -0.2) is 4.98 Å². The van der Waals surface area contributed by atoms with Crippen molar-refractivity contribution < 1.29 is 0 Å². The molecule has 108 valence electrons. The lowest BCUT2D eigenvalue weighted by Gasteiger charge is -2.15. The first-order chi connectivity index (χ1) is 9.58. The molecule has 1 heterocycles. The second-order valence-corrected chi connectivity index (χ2v) is 6.93. The lowest BCUT2D eigenvalue weighted by atomic mass is 9.96. The highest BCUT2D eigenvalue weighted by molar-refractivity contribution is 7.11. The summed E-state index contributed by atoms with van der Waals surface area (Å²) < 4.78 is 0. The third kappa shape index (κ3) is 4.30. The van der Waals surface area contributed by atoms with Crippen molar-refractivity contribution in [1.29, 1.82) is 0 Å². The minimum Gasteiger partial charge on any atom is -0.319 e. The van der Waals surface area contributed by atoms with Gasteiger partial charge in [-0.1, -0.05) is 23.7 Å². The van der Waals surface area contributed by atoms with Gasteiger partial charge in [0.1, 0.15) is 0 Å². The summed E-state index contributed by atoms with van der Waals surface area (Å²) in [6, 6.07) is 8.16. The average molecular weight is 309 g/mol. The Morgan fingerprint density at radius 3 is 2.45 bits per heavy atom. The maximum absolute atomic E-state index is 5.94. The summed E-state index contributed by atoms with van der Waals surface area (Å²) in [4.78, 5) is 5.99. The summed E-state index contributed by atoms with van der Waals surface area (Å²) in [5.41, 5.74) is 2.50. The van der Waals surface area contributed by atoms with Crippen LogP contribution in [-0.2, 0) is 12.8 Å². The number of thiazole rings is 1. The van der Waals surface area contributed by atoms with Crippen molar-refractivity contribution in [3.63, 3.8) is 0 Å². The van der Waals surface area contributed by atoms with Crippen LogP contribution in [0.3, 0.4) is 0 Å². The van der Waals surface area contributed by atoms with Crippen molar-refractivity contribution in [2.45, 2.75) is 26.7 Å². The first-order valence-electron chi connectivity index (χ1n) is 6.90. The van der Waals surface area contributed by atoms with Crippen LogP contribution in [-0.4, -0.2) is 18.6 Å². The topological polar surface area (TPSA) is 24.9 Å². The van der Waals surface area contributed by atoms with E-state index in [4.69, 9.17) is 11.6 Å². The molecular formula is C16H21ClN2S. The minimum absolute atomic E-state index is 0.561. The Labute approximate surface area is 130 Å². The van der Waals surface area contributed by atoms with Crippen LogP contribution in [0, 0.1) is 19.8 Å². The molecule has 1 unspecified atom stereocenters. The zero-order valence-electron chi connectivity index (χ0n) is 12.2. The number of hydrogen-bond acceptors (Lipinski definition) is 3. The number of nitrogens with zero attached hydrogens (tertiary/aromatic N) is 1. The Bertz CT molecular complexity index is 529. The highest BCUT2D eigenvalue weighted by Crippen LogP contribution is 2.22. The Balaban J connectivity index is 2.04. The van der Waals surface area contributed by atoms with Crippen LogP contribution in [0.15, 0.2) is 24.3 Å². The van der Waals surface area contributed by atoms with Crippen molar-refractivity contribution in [3.05, 3.63) is 50.4 Å². The zero-order chi connectivity index (χ0) is 14.5. The predicted molar refractivity (Wildman–Crippen MR) is 87.9 cm³/mol. The molecule has 2 rings (SSSR count). The number of halogens is 1. The molecule has 0 bridgehead atoms. The molecule has 0 amide bonds. The molecule has 0 fully saturated rings. The SMILES string of the molecule is CNCC(Cc1ccc(Cl)cc1)Cc1nc(C)c(C)s1. The minimum atomic E-state index is 0.561. The van der Waals surface area contributed by atoms with E-state index in [1.807, 2.05) is 30.5 Å². The van der Waals surface area contributed by atoms with Gasteiger partial charge in [0.25, 0.3) is 0 Å². The number of aromatic nitrogens is 1. The third-order valence-corrected chi connectivity index (χ3v) is 4.81. The van der Waals surface area contributed by atoms with E-state index in [9.17, 15) is 0 Å². The average Bonchev–Trinajstić information content (AvgIpc) is 2.71. The maximum Gasteiger partial charge on any atom is 0.0934 e. The first-order valence-corrected chi connectivity index (χ1v) is 8.10. The Morgan fingerprint density at radius 1 is 1.20 bits per heavy atom. The third-order valence-electron chi connectivity index (χ3n) is 3.47. The number of benzene rings is 1. The van der Waals surface area contributed by atoms with E-state index in [2.05, 4.69) is 36.3 Å². The summed E-state index contributed by atoms with van der Waals surface area (Å²) in [7, 11) is 2.01. The highest BCUT2D eigenvalue weighted by Gasteiger charge is 2.13. The van der Waals surface area contributed by atoms with Crippen LogP contribution < -0.4 is 5.32 Å². The molecular weight excluding hydrogens is 288 g/mol. The van der Waals surface area contributed by atoms with Gasteiger partial charge in [0.05, 0.1) is 10.7 Å². The fourth-order valence-corrected chi connectivity index (χ4v) is 3.51. The van der Waals surface area contributed by atoms with Gasteiger partial charge in [-0.2, -0.15) is 0 Å². The quantitative estimate of drug-likeness (QED) is 0.871. The number of nitrogens with one attached hydrogen (secondary N) is 1. The molecule has 20 heavy (non-hydrogen) atoms. The Hall–Kier alpha value is -0.900. The molecule has 0 radical (unpaired) electrons. The van der Waals surface area contributed by atoms with Crippen molar-refractivity contribution >= 4 is 22.9 Å². The molecule has 1 atom stereocenters. The number of hydrogen-bond donors (Lipinski definition) is 1. The Morgan fingerprint density at radius 2 is 1.90 bits per heavy atom. The molecule has 0 saturated heterocycles. The van der Waals surface area contributed by atoms with Gasteiger partial charge in [0.2, 0.25) is 0 Å². The molecule has 0 saturated carbocycles. The van der Waals surface area contributed by atoms with Crippen LogP contribution in [0.5, 0.6) is 0 Å². The van der Waals surface area contributed by atoms with Crippen molar-refractivity contribution in [2.75, 3.05) is 13.6 Å². The van der Waals surface area contributed by atoms with E-state index in [0.717, 1.165) is 24.4 Å². The number of aryl methyl sites for hydroxylation is 2. The van der Waals surface area contributed by atoms with Crippen LogP contribution in [0.2, 0.25) is 5.02 Å². The van der Waals surface area contributed by atoms with E-state index >= 15 is 0 Å². The fourth-order valence-electron chi connectivity index (χ4n) is 2.33. The lowest BCUT2D eigenvalue weighted by Crippen LogP contribution is -2.22.